The maximum absolute atomic E-state index is 3.57. The molecule has 0 saturated carbocycles. The molecular formula is C18H23BrS. The number of benzene rings is 1. The SMILES string of the molecule is CCC(CC)(c1ccc(CBr)c(C)c1)c1cc(C)cs1. The van der Waals surface area contributed by atoms with Gasteiger partial charge < -0.3 is 0 Å². The fourth-order valence-electron chi connectivity index (χ4n) is 2.97. The van der Waals surface area contributed by atoms with E-state index in [1.165, 1.54) is 27.1 Å². The smallest absolute Gasteiger partial charge is 0.0291 e. The fraction of sp³-hybridized carbons (Fsp3) is 0.444. The number of thiophene rings is 1. The first-order valence-corrected chi connectivity index (χ1v) is 9.29. The maximum Gasteiger partial charge on any atom is 0.0291 e. The summed E-state index contributed by atoms with van der Waals surface area (Å²) in [5.74, 6) is 0. The van der Waals surface area contributed by atoms with Crippen molar-refractivity contribution >= 4 is 27.3 Å². The van der Waals surface area contributed by atoms with Gasteiger partial charge in [0.2, 0.25) is 0 Å². The molecule has 1 aromatic carbocycles. The molecule has 0 saturated heterocycles. The van der Waals surface area contributed by atoms with Gasteiger partial charge in [0.15, 0.2) is 0 Å². The second-order valence-electron chi connectivity index (χ2n) is 5.55. The molecular weight excluding hydrogens is 328 g/mol. The molecule has 0 unspecified atom stereocenters. The number of hydrogen-bond acceptors (Lipinski definition) is 1. The van der Waals surface area contributed by atoms with Crippen LogP contribution in [0.5, 0.6) is 0 Å². The summed E-state index contributed by atoms with van der Waals surface area (Å²) in [6.07, 6.45) is 2.30. The highest BCUT2D eigenvalue weighted by Crippen LogP contribution is 2.42. The summed E-state index contributed by atoms with van der Waals surface area (Å²) in [6, 6.07) is 9.36. The van der Waals surface area contributed by atoms with Crippen LogP contribution in [0.1, 0.15) is 53.8 Å². The zero-order valence-electron chi connectivity index (χ0n) is 12.8. The molecule has 2 rings (SSSR count). The molecule has 2 aromatic rings. The van der Waals surface area contributed by atoms with Gasteiger partial charge in [0, 0.05) is 15.6 Å². The van der Waals surface area contributed by atoms with Crippen LogP contribution in [0.2, 0.25) is 0 Å². The Hall–Kier alpha value is -0.600. The normalized spacial score (nSPS) is 11.8. The van der Waals surface area contributed by atoms with E-state index in [1.54, 1.807) is 0 Å². The van der Waals surface area contributed by atoms with Crippen LogP contribution in [-0.4, -0.2) is 0 Å². The van der Waals surface area contributed by atoms with E-state index in [2.05, 4.69) is 73.3 Å². The highest BCUT2D eigenvalue weighted by molar-refractivity contribution is 9.08. The van der Waals surface area contributed by atoms with Crippen molar-refractivity contribution < 1.29 is 0 Å². The van der Waals surface area contributed by atoms with Crippen LogP contribution in [0.3, 0.4) is 0 Å². The van der Waals surface area contributed by atoms with E-state index in [-0.39, 0.29) is 5.41 Å². The van der Waals surface area contributed by atoms with Crippen molar-refractivity contribution in [2.45, 2.75) is 51.3 Å². The van der Waals surface area contributed by atoms with E-state index in [4.69, 9.17) is 0 Å². The number of rotatable bonds is 5. The van der Waals surface area contributed by atoms with Gasteiger partial charge in [0.05, 0.1) is 0 Å². The first-order chi connectivity index (χ1) is 9.57. The van der Waals surface area contributed by atoms with Crippen LogP contribution in [0.25, 0.3) is 0 Å². The van der Waals surface area contributed by atoms with Crippen LogP contribution in [0, 0.1) is 13.8 Å². The summed E-state index contributed by atoms with van der Waals surface area (Å²) < 4.78 is 0. The molecule has 0 fully saturated rings. The van der Waals surface area contributed by atoms with Crippen molar-refractivity contribution in [3.8, 4) is 0 Å². The predicted molar refractivity (Wildman–Crippen MR) is 94.2 cm³/mol. The quantitative estimate of drug-likeness (QED) is 0.549. The van der Waals surface area contributed by atoms with E-state index in [0.29, 0.717) is 0 Å². The van der Waals surface area contributed by atoms with Gasteiger partial charge in [-0.3, -0.25) is 0 Å². The van der Waals surface area contributed by atoms with Crippen molar-refractivity contribution in [2.75, 3.05) is 0 Å². The van der Waals surface area contributed by atoms with Gasteiger partial charge >= 0.3 is 0 Å². The molecule has 0 radical (unpaired) electrons. The molecule has 2 heteroatoms. The minimum absolute atomic E-state index is 0.175. The largest absolute Gasteiger partial charge is 0.148 e. The molecule has 108 valence electrons. The van der Waals surface area contributed by atoms with Crippen molar-refractivity contribution in [2.24, 2.45) is 0 Å². The Labute approximate surface area is 135 Å². The van der Waals surface area contributed by atoms with E-state index >= 15 is 0 Å². The Morgan fingerprint density at radius 2 is 1.80 bits per heavy atom. The van der Waals surface area contributed by atoms with E-state index in [0.717, 1.165) is 18.2 Å². The number of alkyl halides is 1. The van der Waals surface area contributed by atoms with Crippen LogP contribution >= 0.6 is 27.3 Å². The summed E-state index contributed by atoms with van der Waals surface area (Å²) in [6.45, 7) is 9.03. The molecule has 0 bridgehead atoms. The van der Waals surface area contributed by atoms with Crippen LogP contribution in [0.4, 0.5) is 0 Å². The van der Waals surface area contributed by atoms with Gasteiger partial charge in [-0.2, -0.15) is 0 Å². The number of hydrogen-bond donors (Lipinski definition) is 0. The van der Waals surface area contributed by atoms with Crippen molar-refractivity contribution in [1.82, 2.24) is 0 Å². The van der Waals surface area contributed by atoms with E-state index in [9.17, 15) is 0 Å². The maximum atomic E-state index is 3.57. The van der Waals surface area contributed by atoms with Gasteiger partial charge in [-0.05, 0) is 60.4 Å². The summed E-state index contributed by atoms with van der Waals surface area (Å²) in [4.78, 5) is 1.51. The second-order valence-corrected chi connectivity index (χ2v) is 7.02. The highest BCUT2D eigenvalue weighted by Gasteiger charge is 2.32. The third-order valence-electron chi connectivity index (χ3n) is 4.45. The summed E-state index contributed by atoms with van der Waals surface area (Å²) >= 11 is 5.47. The predicted octanol–water partition coefficient (Wildman–Crippen LogP) is 6.37. The third-order valence-corrected chi connectivity index (χ3v) is 6.30. The zero-order chi connectivity index (χ0) is 14.8. The molecule has 0 N–H and O–H groups in total. The third kappa shape index (κ3) is 2.73. The van der Waals surface area contributed by atoms with Gasteiger partial charge in [0.25, 0.3) is 0 Å². The molecule has 1 heterocycles. The van der Waals surface area contributed by atoms with Gasteiger partial charge in [-0.1, -0.05) is 48.0 Å². The Morgan fingerprint density at radius 3 is 2.25 bits per heavy atom. The van der Waals surface area contributed by atoms with Gasteiger partial charge in [0.1, 0.15) is 0 Å². The molecule has 0 amide bonds. The summed E-state index contributed by atoms with van der Waals surface area (Å²) in [5.41, 5.74) is 5.79. The topological polar surface area (TPSA) is 0 Å². The minimum atomic E-state index is 0.175. The van der Waals surface area contributed by atoms with Crippen LogP contribution < -0.4 is 0 Å². The lowest BCUT2D eigenvalue weighted by Gasteiger charge is -2.32. The average Bonchev–Trinajstić information content (AvgIpc) is 2.88. The number of halogens is 1. The van der Waals surface area contributed by atoms with E-state index in [1.807, 2.05) is 11.3 Å². The minimum Gasteiger partial charge on any atom is -0.148 e. The van der Waals surface area contributed by atoms with Crippen molar-refractivity contribution in [1.29, 1.82) is 0 Å². The van der Waals surface area contributed by atoms with Gasteiger partial charge in [-0.25, -0.2) is 0 Å². The second kappa shape index (κ2) is 6.44. The fourth-order valence-corrected chi connectivity index (χ4v) is 4.87. The lowest BCUT2D eigenvalue weighted by atomic mass is 9.74. The molecule has 0 aliphatic heterocycles. The lowest BCUT2D eigenvalue weighted by molar-refractivity contribution is 0.487. The number of aryl methyl sites for hydroxylation is 2. The lowest BCUT2D eigenvalue weighted by Crippen LogP contribution is -2.25. The van der Waals surface area contributed by atoms with Crippen molar-refractivity contribution in [3.05, 3.63) is 56.8 Å². The van der Waals surface area contributed by atoms with Crippen LogP contribution in [0.15, 0.2) is 29.6 Å². The Kier molecular flexibility index (Phi) is 5.09. The molecule has 0 atom stereocenters. The first kappa shape index (κ1) is 15.8. The average molecular weight is 351 g/mol. The standard InChI is InChI=1S/C18H23BrS/c1-5-18(6-2,17-9-13(3)12-20-17)16-8-7-15(11-19)14(4)10-16/h7-10,12H,5-6,11H2,1-4H3. The van der Waals surface area contributed by atoms with Gasteiger partial charge in [-0.15, -0.1) is 11.3 Å². The molecule has 1 aromatic heterocycles. The van der Waals surface area contributed by atoms with Crippen molar-refractivity contribution in [3.63, 3.8) is 0 Å². The Balaban J connectivity index is 2.55. The Bertz CT molecular complexity index is 579. The van der Waals surface area contributed by atoms with E-state index < -0.39 is 0 Å². The monoisotopic (exact) mass is 350 g/mol. The molecule has 0 aliphatic rings. The Morgan fingerprint density at radius 1 is 1.10 bits per heavy atom. The zero-order valence-corrected chi connectivity index (χ0v) is 15.2. The summed E-state index contributed by atoms with van der Waals surface area (Å²) in [5, 5.41) is 3.21. The highest BCUT2D eigenvalue weighted by atomic mass is 79.9. The molecule has 0 spiro atoms. The molecule has 0 nitrogen and oxygen atoms in total. The molecule has 20 heavy (non-hydrogen) atoms. The summed E-state index contributed by atoms with van der Waals surface area (Å²) in [7, 11) is 0. The van der Waals surface area contributed by atoms with Crippen LogP contribution in [-0.2, 0) is 10.7 Å². The molecule has 0 aliphatic carbocycles. The first-order valence-electron chi connectivity index (χ1n) is 7.29.